The Morgan fingerprint density at radius 3 is 2.59 bits per heavy atom. The van der Waals surface area contributed by atoms with Gasteiger partial charge in [-0.2, -0.15) is 0 Å². The van der Waals surface area contributed by atoms with E-state index in [-0.39, 0.29) is 5.91 Å². The summed E-state index contributed by atoms with van der Waals surface area (Å²) in [6.45, 7) is 6.08. The van der Waals surface area contributed by atoms with Crippen molar-refractivity contribution in [3.8, 4) is 11.3 Å². The summed E-state index contributed by atoms with van der Waals surface area (Å²) in [7, 11) is 0. The van der Waals surface area contributed by atoms with Crippen molar-refractivity contribution in [2.45, 2.75) is 19.9 Å². The summed E-state index contributed by atoms with van der Waals surface area (Å²) >= 11 is 1.69. The summed E-state index contributed by atoms with van der Waals surface area (Å²) in [6, 6.07) is 17.6. The molecule has 0 radical (unpaired) electrons. The zero-order valence-corrected chi connectivity index (χ0v) is 18.9. The van der Waals surface area contributed by atoms with Gasteiger partial charge in [-0.25, -0.2) is 4.98 Å². The number of rotatable bonds is 4. The Balaban J connectivity index is 1.44. The molecule has 0 bridgehead atoms. The van der Waals surface area contributed by atoms with E-state index in [1.165, 1.54) is 0 Å². The van der Waals surface area contributed by atoms with Crippen LogP contribution in [0.5, 0.6) is 0 Å². The minimum Gasteiger partial charge on any atom is -0.337 e. The standard InChI is InChI=1S/C25H25N5OS/c1-18-26-20(17-32-18)16-29-12-7-13-30(15-14-29)25(31)23-21-10-5-6-11-22(21)27-28-24(23)19-8-3-2-4-9-19/h2-6,8-11,17H,7,12-16H2,1H3. The fourth-order valence-corrected chi connectivity index (χ4v) is 4.87. The minimum absolute atomic E-state index is 0.0290. The van der Waals surface area contributed by atoms with Gasteiger partial charge in [0.2, 0.25) is 0 Å². The first-order valence-electron chi connectivity index (χ1n) is 10.9. The average Bonchev–Trinajstić information content (AvgIpc) is 3.10. The number of amides is 1. The van der Waals surface area contributed by atoms with Crippen molar-refractivity contribution in [1.82, 2.24) is 25.0 Å². The van der Waals surface area contributed by atoms with Crippen molar-refractivity contribution in [3.63, 3.8) is 0 Å². The molecule has 3 heterocycles. The first-order chi connectivity index (χ1) is 15.7. The molecule has 0 atom stereocenters. The molecule has 1 saturated heterocycles. The van der Waals surface area contributed by atoms with Gasteiger partial charge in [0, 0.05) is 49.1 Å². The van der Waals surface area contributed by atoms with Gasteiger partial charge in [-0.1, -0.05) is 48.5 Å². The number of thiazole rings is 1. The monoisotopic (exact) mass is 443 g/mol. The molecule has 2 aromatic carbocycles. The van der Waals surface area contributed by atoms with Crippen LogP contribution in [-0.4, -0.2) is 57.1 Å². The Hall–Kier alpha value is -3.16. The molecule has 1 amide bonds. The van der Waals surface area contributed by atoms with E-state index in [4.69, 9.17) is 0 Å². The number of hydrogen-bond acceptors (Lipinski definition) is 6. The topological polar surface area (TPSA) is 62.2 Å². The van der Waals surface area contributed by atoms with Crippen molar-refractivity contribution in [3.05, 3.63) is 76.2 Å². The SMILES string of the molecule is Cc1nc(CN2CCCN(C(=O)c3c(-c4ccccc4)nnc4ccccc34)CC2)cs1. The highest BCUT2D eigenvalue weighted by molar-refractivity contribution is 7.09. The van der Waals surface area contributed by atoms with Gasteiger partial charge in [0.25, 0.3) is 5.91 Å². The molecule has 0 saturated carbocycles. The summed E-state index contributed by atoms with van der Waals surface area (Å²) in [4.78, 5) is 22.8. The zero-order chi connectivity index (χ0) is 21.9. The molecule has 2 aromatic heterocycles. The number of nitrogens with zero attached hydrogens (tertiary/aromatic N) is 5. The van der Waals surface area contributed by atoms with Crippen LogP contribution in [0.1, 0.15) is 27.5 Å². The summed E-state index contributed by atoms with van der Waals surface area (Å²) in [5.74, 6) is 0.0290. The number of aromatic nitrogens is 3. The smallest absolute Gasteiger partial charge is 0.256 e. The van der Waals surface area contributed by atoms with Crippen LogP contribution < -0.4 is 0 Å². The van der Waals surface area contributed by atoms with Crippen molar-refractivity contribution < 1.29 is 4.79 Å². The maximum absolute atomic E-state index is 13.9. The van der Waals surface area contributed by atoms with E-state index < -0.39 is 0 Å². The summed E-state index contributed by atoms with van der Waals surface area (Å²) < 4.78 is 0. The van der Waals surface area contributed by atoms with Crippen molar-refractivity contribution >= 4 is 28.1 Å². The van der Waals surface area contributed by atoms with Gasteiger partial charge in [-0.15, -0.1) is 21.5 Å². The van der Waals surface area contributed by atoms with Crippen LogP contribution in [0.15, 0.2) is 60.0 Å². The van der Waals surface area contributed by atoms with Crippen LogP contribution in [0.2, 0.25) is 0 Å². The van der Waals surface area contributed by atoms with E-state index in [0.29, 0.717) is 17.8 Å². The molecular weight excluding hydrogens is 418 g/mol. The molecule has 0 unspecified atom stereocenters. The fourth-order valence-electron chi connectivity index (χ4n) is 4.27. The molecule has 7 heteroatoms. The second-order valence-corrected chi connectivity index (χ2v) is 9.15. The highest BCUT2D eigenvalue weighted by Crippen LogP contribution is 2.28. The van der Waals surface area contributed by atoms with E-state index in [9.17, 15) is 4.79 Å². The Morgan fingerprint density at radius 1 is 0.969 bits per heavy atom. The lowest BCUT2D eigenvalue weighted by atomic mass is 10.0. The van der Waals surface area contributed by atoms with Crippen molar-refractivity contribution in [1.29, 1.82) is 0 Å². The van der Waals surface area contributed by atoms with Crippen LogP contribution >= 0.6 is 11.3 Å². The number of benzene rings is 2. The van der Waals surface area contributed by atoms with E-state index in [1.54, 1.807) is 11.3 Å². The lowest BCUT2D eigenvalue weighted by Gasteiger charge is -2.23. The number of fused-ring (bicyclic) bond motifs is 1. The predicted octanol–water partition coefficient (Wildman–Crippen LogP) is 4.41. The fraction of sp³-hybridized carbons (Fsp3) is 0.280. The van der Waals surface area contributed by atoms with Gasteiger partial charge in [-0.3, -0.25) is 9.69 Å². The largest absolute Gasteiger partial charge is 0.337 e. The normalized spacial score (nSPS) is 15.1. The van der Waals surface area contributed by atoms with Gasteiger partial charge >= 0.3 is 0 Å². The second kappa shape index (κ2) is 9.14. The average molecular weight is 444 g/mol. The van der Waals surface area contributed by atoms with Gasteiger partial charge in [0.1, 0.15) is 5.69 Å². The third-order valence-electron chi connectivity index (χ3n) is 5.86. The number of hydrogen-bond donors (Lipinski definition) is 0. The summed E-state index contributed by atoms with van der Waals surface area (Å²) in [6.07, 6.45) is 0.936. The molecule has 32 heavy (non-hydrogen) atoms. The Labute approximate surface area is 191 Å². The predicted molar refractivity (Wildman–Crippen MR) is 128 cm³/mol. The highest BCUT2D eigenvalue weighted by atomic mass is 32.1. The van der Waals surface area contributed by atoms with Crippen LogP contribution in [-0.2, 0) is 6.54 Å². The highest BCUT2D eigenvalue weighted by Gasteiger charge is 2.26. The molecule has 162 valence electrons. The Bertz CT molecular complexity index is 1240. The third-order valence-corrected chi connectivity index (χ3v) is 6.68. The summed E-state index contributed by atoms with van der Waals surface area (Å²) in [5, 5.41) is 12.9. The number of carbonyl (C=O) groups excluding carboxylic acids is 1. The van der Waals surface area contributed by atoms with E-state index >= 15 is 0 Å². The van der Waals surface area contributed by atoms with Crippen LogP contribution in [0.3, 0.4) is 0 Å². The maximum Gasteiger partial charge on any atom is 0.256 e. The quantitative estimate of drug-likeness (QED) is 0.468. The van der Waals surface area contributed by atoms with Crippen LogP contribution in [0, 0.1) is 6.92 Å². The third kappa shape index (κ3) is 4.26. The van der Waals surface area contributed by atoms with E-state index in [0.717, 1.165) is 59.8 Å². The lowest BCUT2D eigenvalue weighted by molar-refractivity contribution is 0.0763. The molecule has 6 nitrogen and oxygen atoms in total. The van der Waals surface area contributed by atoms with Crippen molar-refractivity contribution in [2.24, 2.45) is 0 Å². The van der Waals surface area contributed by atoms with Gasteiger partial charge in [-0.05, 0) is 19.4 Å². The zero-order valence-electron chi connectivity index (χ0n) is 18.1. The first kappa shape index (κ1) is 20.7. The van der Waals surface area contributed by atoms with Crippen LogP contribution in [0.25, 0.3) is 22.2 Å². The number of carbonyl (C=O) groups is 1. The van der Waals surface area contributed by atoms with E-state index in [1.807, 2.05) is 66.4 Å². The van der Waals surface area contributed by atoms with E-state index in [2.05, 4.69) is 25.5 Å². The minimum atomic E-state index is 0.0290. The van der Waals surface area contributed by atoms with Gasteiger partial charge < -0.3 is 4.90 Å². The molecule has 0 spiro atoms. The molecule has 1 fully saturated rings. The molecule has 1 aliphatic rings. The molecule has 0 aliphatic carbocycles. The molecule has 4 aromatic rings. The molecule has 5 rings (SSSR count). The Morgan fingerprint density at radius 2 is 1.78 bits per heavy atom. The first-order valence-corrected chi connectivity index (χ1v) is 11.8. The maximum atomic E-state index is 13.9. The van der Waals surface area contributed by atoms with Gasteiger partial charge in [0.15, 0.2) is 0 Å². The molecular formula is C25H25N5OS. The molecule has 1 aliphatic heterocycles. The lowest BCUT2D eigenvalue weighted by Crippen LogP contribution is -2.35. The van der Waals surface area contributed by atoms with Crippen LogP contribution in [0.4, 0.5) is 0 Å². The number of aryl methyl sites for hydroxylation is 1. The second-order valence-electron chi connectivity index (χ2n) is 8.09. The Kier molecular flexibility index (Phi) is 5.92. The van der Waals surface area contributed by atoms with Crippen molar-refractivity contribution in [2.75, 3.05) is 26.2 Å². The van der Waals surface area contributed by atoms with Gasteiger partial charge in [0.05, 0.1) is 21.8 Å². The summed E-state index contributed by atoms with van der Waals surface area (Å²) in [5.41, 5.74) is 4.05. The molecule has 0 N–H and O–H groups in total.